The highest BCUT2D eigenvalue weighted by Gasteiger charge is 2.25. The molecule has 0 aliphatic carbocycles. The van der Waals surface area contributed by atoms with Crippen LogP contribution in [0.3, 0.4) is 0 Å². The maximum absolute atomic E-state index is 13.6. The average molecular weight is 581 g/mol. The second kappa shape index (κ2) is 14.2. The summed E-state index contributed by atoms with van der Waals surface area (Å²) in [5.74, 6) is -0.996. The van der Waals surface area contributed by atoms with Crippen molar-refractivity contribution in [3.8, 4) is 0 Å². The van der Waals surface area contributed by atoms with Crippen LogP contribution in [0.1, 0.15) is 58.7 Å². The minimum absolute atomic E-state index is 0.0950. The molecule has 3 atom stereocenters. The minimum atomic E-state index is -3.68. The number of carbonyl (C=O) groups excluding carboxylic acids is 2. The van der Waals surface area contributed by atoms with Crippen molar-refractivity contribution in [2.75, 3.05) is 24.2 Å². The normalized spacial score (nSPS) is 13.7. The molecule has 3 aromatic carbocycles. The molecule has 9 nitrogen and oxygen atoms in total. The maximum Gasteiger partial charge on any atom is 0.251 e. The third-order valence-corrected chi connectivity index (χ3v) is 7.97. The molecule has 0 saturated heterocycles. The smallest absolute Gasteiger partial charge is 0.251 e. The van der Waals surface area contributed by atoms with E-state index in [0.29, 0.717) is 6.42 Å². The molecule has 0 aliphatic rings. The van der Waals surface area contributed by atoms with Crippen LogP contribution in [-0.2, 0) is 16.4 Å². The minimum Gasteiger partial charge on any atom is -0.390 e. The molecule has 0 unspecified atom stereocenters. The van der Waals surface area contributed by atoms with Crippen LogP contribution in [0.15, 0.2) is 78.9 Å². The molecule has 4 N–H and O–H groups in total. The van der Waals surface area contributed by atoms with Crippen molar-refractivity contribution in [1.82, 2.24) is 16.0 Å². The zero-order valence-corrected chi connectivity index (χ0v) is 25.0. The number of anilines is 1. The Kier molecular flexibility index (Phi) is 11.0. The molecule has 0 bridgehead atoms. The van der Waals surface area contributed by atoms with Gasteiger partial charge in [-0.1, -0.05) is 74.5 Å². The fraction of sp³-hybridized carbons (Fsp3) is 0.355. The Balaban J connectivity index is 1.93. The number of aliphatic hydroxyl groups is 1. The SMILES string of the molecule is CC(C)NC[C@@H](O)[C@H](Cc1ccccc1)NC(=O)c1cc(C(=O)N[C@H](C)c2ccccc2)cc(N(C)S(C)(=O)=O)c1. The van der Waals surface area contributed by atoms with Gasteiger partial charge in [0.2, 0.25) is 10.0 Å². The summed E-state index contributed by atoms with van der Waals surface area (Å²) in [6, 6.07) is 22.4. The first kappa shape index (κ1) is 31.8. The number of amides is 2. The van der Waals surface area contributed by atoms with Gasteiger partial charge in [0, 0.05) is 30.8 Å². The average Bonchev–Trinajstić information content (AvgIpc) is 2.95. The summed E-state index contributed by atoms with van der Waals surface area (Å²) in [4.78, 5) is 26.9. The standard InChI is InChI=1S/C31H40N4O5S/c1-21(2)32-20-29(36)28(16-23-12-8-6-9-13-23)34-31(38)26-17-25(18-27(19-26)35(4)41(5,39)40)30(37)33-22(3)24-14-10-7-11-15-24/h6-15,17-19,21-22,28-29,32,36H,16,20H2,1-5H3,(H,33,37)(H,34,38)/t22-,28+,29-/m1/s1. The Morgan fingerprint density at radius 1 is 0.854 bits per heavy atom. The number of nitrogens with zero attached hydrogens (tertiary/aromatic N) is 1. The first-order valence-corrected chi connectivity index (χ1v) is 15.4. The highest BCUT2D eigenvalue weighted by molar-refractivity contribution is 7.92. The van der Waals surface area contributed by atoms with Crippen LogP contribution in [0.2, 0.25) is 0 Å². The van der Waals surface area contributed by atoms with Gasteiger partial charge in [-0.05, 0) is 42.7 Å². The second-order valence-electron chi connectivity index (χ2n) is 10.5. The van der Waals surface area contributed by atoms with E-state index in [9.17, 15) is 23.1 Å². The van der Waals surface area contributed by atoms with E-state index in [2.05, 4.69) is 16.0 Å². The van der Waals surface area contributed by atoms with Crippen LogP contribution in [0, 0.1) is 0 Å². The molecule has 0 saturated carbocycles. The lowest BCUT2D eigenvalue weighted by molar-refractivity contribution is 0.0827. The van der Waals surface area contributed by atoms with Crippen molar-refractivity contribution in [3.63, 3.8) is 0 Å². The van der Waals surface area contributed by atoms with Crippen molar-refractivity contribution in [2.24, 2.45) is 0 Å². The van der Waals surface area contributed by atoms with Gasteiger partial charge in [-0.15, -0.1) is 0 Å². The number of hydrogen-bond donors (Lipinski definition) is 4. The predicted octanol–water partition coefficient (Wildman–Crippen LogP) is 3.27. The van der Waals surface area contributed by atoms with E-state index in [-0.39, 0.29) is 35.4 Å². The molecule has 3 rings (SSSR count). The Labute approximate surface area is 243 Å². The van der Waals surface area contributed by atoms with Gasteiger partial charge >= 0.3 is 0 Å². The molecule has 0 aromatic heterocycles. The largest absolute Gasteiger partial charge is 0.390 e. The van der Waals surface area contributed by atoms with Crippen molar-refractivity contribution in [2.45, 2.75) is 51.4 Å². The van der Waals surface area contributed by atoms with E-state index < -0.39 is 34.0 Å². The maximum atomic E-state index is 13.6. The molecular formula is C31H40N4O5S. The van der Waals surface area contributed by atoms with Gasteiger partial charge in [-0.2, -0.15) is 0 Å². The van der Waals surface area contributed by atoms with Crippen molar-refractivity contribution in [3.05, 3.63) is 101 Å². The van der Waals surface area contributed by atoms with Crippen LogP contribution < -0.4 is 20.3 Å². The van der Waals surface area contributed by atoms with E-state index in [4.69, 9.17) is 0 Å². The summed E-state index contributed by atoms with van der Waals surface area (Å²) in [7, 11) is -2.32. The van der Waals surface area contributed by atoms with Gasteiger partial charge in [0.1, 0.15) is 0 Å². The van der Waals surface area contributed by atoms with Gasteiger partial charge in [-0.25, -0.2) is 8.42 Å². The summed E-state index contributed by atoms with van der Waals surface area (Å²) in [6.07, 6.45) is 0.515. The van der Waals surface area contributed by atoms with Crippen LogP contribution in [0.25, 0.3) is 0 Å². The first-order chi connectivity index (χ1) is 19.3. The lowest BCUT2D eigenvalue weighted by atomic mass is 9.99. The lowest BCUT2D eigenvalue weighted by Gasteiger charge is -2.26. The number of carbonyl (C=O) groups is 2. The predicted molar refractivity (Wildman–Crippen MR) is 163 cm³/mol. The molecule has 10 heteroatoms. The van der Waals surface area contributed by atoms with Crippen molar-refractivity contribution < 1.29 is 23.1 Å². The lowest BCUT2D eigenvalue weighted by Crippen LogP contribution is -2.49. The van der Waals surface area contributed by atoms with E-state index in [1.54, 1.807) is 0 Å². The number of nitrogens with one attached hydrogen (secondary N) is 3. The molecule has 0 spiro atoms. The number of benzene rings is 3. The summed E-state index contributed by atoms with van der Waals surface area (Å²) >= 11 is 0. The Bertz CT molecular complexity index is 1410. The molecule has 220 valence electrons. The number of sulfonamides is 1. The topological polar surface area (TPSA) is 128 Å². The zero-order chi connectivity index (χ0) is 30.2. The number of aliphatic hydroxyl groups excluding tert-OH is 1. The van der Waals surface area contributed by atoms with Gasteiger partial charge in [0.25, 0.3) is 11.8 Å². The fourth-order valence-electron chi connectivity index (χ4n) is 4.25. The fourth-order valence-corrected chi connectivity index (χ4v) is 4.74. The molecule has 0 fully saturated rings. The second-order valence-corrected chi connectivity index (χ2v) is 12.5. The van der Waals surface area contributed by atoms with Gasteiger partial charge in [-0.3, -0.25) is 13.9 Å². The zero-order valence-electron chi connectivity index (χ0n) is 24.2. The Morgan fingerprint density at radius 3 is 1.93 bits per heavy atom. The quantitative estimate of drug-likeness (QED) is 0.246. The number of hydrogen-bond acceptors (Lipinski definition) is 6. The monoisotopic (exact) mass is 580 g/mol. The molecule has 2 amide bonds. The molecule has 3 aromatic rings. The highest BCUT2D eigenvalue weighted by Crippen LogP contribution is 2.22. The third-order valence-electron chi connectivity index (χ3n) is 6.77. The summed E-state index contributed by atoms with van der Waals surface area (Å²) in [5, 5.41) is 20.0. The highest BCUT2D eigenvalue weighted by atomic mass is 32.2. The number of rotatable bonds is 13. The van der Waals surface area contributed by atoms with Gasteiger partial charge in [0.15, 0.2) is 0 Å². The van der Waals surface area contributed by atoms with Crippen LogP contribution in [0.5, 0.6) is 0 Å². The Morgan fingerprint density at radius 2 is 1.39 bits per heavy atom. The summed E-state index contributed by atoms with van der Waals surface area (Å²) in [5.41, 5.74) is 2.22. The van der Waals surface area contributed by atoms with Crippen LogP contribution in [0.4, 0.5) is 5.69 Å². The van der Waals surface area contributed by atoms with Crippen molar-refractivity contribution >= 4 is 27.5 Å². The summed E-state index contributed by atoms with van der Waals surface area (Å²) < 4.78 is 25.7. The van der Waals surface area contributed by atoms with Gasteiger partial charge in [0.05, 0.1) is 30.1 Å². The van der Waals surface area contributed by atoms with Crippen LogP contribution >= 0.6 is 0 Å². The van der Waals surface area contributed by atoms with Crippen molar-refractivity contribution in [1.29, 1.82) is 0 Å². The van der Waals surface area contributed by atoms with E-state index >= 15 is 0 Å². The van der Waals surface area contributed by atoms with Crippen LogP contribution in [-0.4, -0.2) is 63.4 Å². The van der Waals surface area contributed by atoms with E-state index in [1.165, 1.54) is 25.2 Å². The van der Waals surface area contributed by atoms with E-state index in [1.807, 2.05) is 81.4 Å². The molecule has 0 heterocycles. The third kappa shape index (κ3) is 9.41. The van der Waals surface area contributed by atoms with E-state index in [0.717, 1.165) is 21.7 Å². The first-order valence-electron chi connectivity index (χ1n) is 13.6. The van der Waals surface area contributed by atoms with Gasteiger partial charge < -0.3 is 21.1 Å². The molecule has 0 radical (unpaired) electrons. The Hall–Kier alpha value is -3.73. The molecule has 41 heavy (non-hydrogen) atoms. The molecule has 0 aliphatic heterocycles. The molecular weight excluding hydrogens is 540 g/mol. The summed E-state index contributed by atoms with van der Waals surface area (Å²) in [6.45, 7) is 6.03.